The molecule has 0 aliphatic rings. The van der Waals surface area contributed by atoms with Crippen LogP contribution in [0.4, 0.5) is 0 Å². The summed E-state index contributed by atoms with van der Waals surface area (Å²) >= 11 is 0. The van der Waals surface area contributed by atoms with Gasteiger partial charge in [-0.1, -0.05) is 0 Å². The summed E-state index contributed by atoms with van der Waals surface area (Å²) in [6, 6.07) is 0. The molecule has 1 heterocycles. The van der Waals surface area contributed by atoms with Crippen LogP contribution in [-0.4, -0.2) is 9.78 Å². The van der Waals surface area contributed by atoms with Crippen LogP contribution in [0.5, 0.6) is 0 Å². The van der Waals surface area contributed by atoms with Crippen molar-refractivity contribution in [3.05, 3.63) is 24.4 Å². The third-order valence-corrected chi connectivity index (χ3v) is 1.61. The first-order chi connectivity index (χ1) is 4.25. The smallest absolute Gasteiger partial charge is 0.0524 e. The lowest BCUT2D eigenvalue weighted by Crippen LogP contribution is -1.93. The topological polar surface area (TPSA) is 17.8 Å². The van der Waals surface area contributed by atoms with Gasteiger partial charge in [-0.2, -0.15) is 5.10 Å². The van der Waals surface area contributed by atoms with Gasteiger partial charge in [0, 0.05) is 12.7 Å². The van der Waals surface area contributed by atoms with Gasteiger partial charge in [0.25, 0.3) is 0 Å². The highest BCUT2D eigenvalue weighted by Gasteiger charge is 1.98. The number of rotatable bonds is 1. The van der Waals surface area contributed by atoms with Crippen LogP contribution in [0.2, 0.25) is 0 Å². The van der Waals surface area contributed by atoms with Crippen LogP contribution in [-0.2, 0) is 13.5 Å². The fourth-order valence-corrected chi connectivity index (χ4v) is 0.790. The monoisotopic (exact) mass is 123 g/mol. The van der Waals surface area contributed by atoms with Crippen molar-refractivity contribution in [3.63, 3.8) is 0 Å². The standard InChI is InChI=1S/C7H11N2/c1-4-7-5-8-9(3)6(7)2/h5H,1,4H2,2-3H3. The predicted molar refractivity (Wildman–Crippen MR) is 37.0 cm³/mol. The van der Waals surface area contributed by atoms with E-state index < -0.39 is 0 Å². The zero-order valence-corrected chi connectivity index (χ0v) is 5.89. The average molecular weight is 123 g/mol. The molecule has 49 valence electrons. The first kappa shape index (κ1) is 6.33. The van der Waals surface area contributed by atoms with Crippen LogP contribution in [0.25, 0.3) is 0 Å². The van der Waals surface area contributed by atoms with E-state index >= 15 is 0 Å². The van der Waals surface area contributed by atoms with E-state index in [0.717, 1.165) is 6.42 Å². The van der Waals surface area contributed by atoms with Crippen molar-refractivity contribution in [1.29, 1.82) is 0 Å². The van der Waals surface area contributed by atoms with Gasteiger partial charge in [0.05, 0.1) is 6.20 Å². The number of aromatic nitrogens is 2. The Balaban J connectivity index is 3.04. The normalized spacial score (nSPS) is 10.1. The second-order valence-corrected chi connectivity index (χ2v) is 2.13. The largest absolute Gasteiger partial charge is 0.273 e. The van der Waals surface area contributed by atoms with E-state index in [4.69, 9.17) is 0 Å². The number of hydrogen-bond acceptors (Lipinski definition) is 1. The summed E-state index contributed by atoms with van der Waals surface area (Å²) in [6.45, 7) is 5.83. The van der Waals surface area contributed by atoms with E-state index in [0.29, 0.717) is 0 Å². The Hall–Kier alpha value is -0.790. The van der Waals surface area contributed by atoms with Crippen LogP contribution in [0.1, 0.15) is 11.3 Å². The maximum atomic E-state index is 4.06. The molecule has 0 aromatic carbocycles. The zero-order valence-electron chi connectivity index (χ0n) is 5.89. The molecule has 0 N–H and O–H groups in total. The average Bonchev–Trinajstić information content (AvgIpc) is 2.15. The summed E-state index contributed by atoms with van der Waals surface area (Å²) in [7, 11) is 1.94. The quantitative estimate of drug-likeness (QED) is 0.547. The van der Waals surface area contributed by atoms with Gasteiger partial charge in [-0.25, -0.2) is 0 Å². The summed E-state index contributed by atoms with van der Waals surface area (Å²) < 4.78 is 1.86. The summed E-state index contributed by atoms with van der Waals surface area (Å²) in [5.74, 6) is 0. The molecular weight excluding hydrogens is 112 g/mol. The molecule has 0 aliphatic heterocycles. The molecule has 1 aromatic heterocycles. The van der Waals surface area contributed by atoms with E-state index in [1.54, 1.807) is 0 Å². The van der Waals surface area contributed by atoms with Gasteiger partial charge in [-0.05, 0) is 25.8 Å². The predicted octanol–water partition coefficient (Wildman–Crippen LogP) is 1.11. The van der Waals surface area contributed by atoms with Crippen molar-refractivity contribution in [2.45, 2.75) is 13.3 Å². The molecule has 0 aliphatic carbocycles. The van der Waals surface area contributed by atoms with Crippen LogP contribution in [0, 0.1) is 13.8 Å². The van der Waals surface area contributed by atoms with Gasteiger partial charge in [0.1, 0.15) is 0 Å². The van der Waals surface area contributed by atoms with Gasteiger partial charge in [0.2, 0.25) is 0 Å². The molecule has 1 radical (unpaired) electrons. The van der Waals surface area contributed by atoms with E-state index in [1.807, 2.05) is 24.9 Å². The summed E-state index contributed by atoms with van der Waals surface area (Å²) in [5, 5.41) is 4.06. The minimum absolute atomic E-state index is 0.833. The van der Waals surface area contributed by atoms with Crippen molar-refractivity contribution >= 4 is 0 Å². The molecule has 0 unspecified atom stereocenters. The first-order valence-electron chi connectivity index (χ1n) is 3.02. The van der Waals surface area contributed by atoms with E-state index in [2.05, 4.69) is 12.0 Å². The van der Waals surface area contributed by atoms with E-state index in [9.17, 15) is 0 Å². The van der Waals surface area contributed by atoms with Crippen LogP contribution < -0.4 is 0 Å². The molecule has 1 rings (SSSR count). The lowest BCUT2D eigenvalue weighted by Gasteiger charge is -1.93. The van der Waals surface area contributed by atoms with Gasteiger partial charge < -0.3 is 0 Å². The molecule has 2 nitrogen and oxygen atoms in total. The molecule has 0 saturated carbocycles. The lowest BCUT2D eigenvalue weighted by molar-refractivity contribution is 0.738. The second-order valence-electron chi connectivity index (χ2n) is 2.13. The number of aryl methyl sites for hydroxylation is 1. The molecule has 2 heteroatoms. The number of nitrogens with zero attached hydrogens (tertiary/aromatic N) is 2. The fourth-order valence-electron chi connectivity index (χ4n) is 0.790. The summed E-state index contributed by atoms with van der Waals surface area (Å²) in [6.07, 6.45) is 2.70. The first-order valence-corrected chi connectivity index (χ1v) is 3.02. The number of hydrogen-bond donors (Lipinski definition) is 0. The van der Waals surface area contributed by atoms with Crippen molar-refractivity contribution < 1.29 is 0 Å². The van der Waals surface area contributed by atoms with Crippen LogP contribution >= 0.6 is 0 Å². The van der Waals surface area contributed by atoms with Crippen molar-refractivity contribution in [2.75, 3.05) is 0 Å². The minimum atomic E-state index is 0.833. The lowest BCUT2D eigenvalue weighted by atomic mass is 10.2. The second kappa shape index (κ2) is 2.21. The van der Waals surface area contributed by atoms with Crippen molar-refractivity contribution in [2.24, 2.45) is 7.05 Å². The molecular formula is C7H11N2. The Kier molecular flexibility index (Phi) is 1.56. The maximum absolute atomic E-state index is 4.06. The Labute approximate surface area is 55.5 Å². The summed E-state index contributed by atoms with van der Waals surface area (Å²) in [5.41, 5.74) is 2.45. The molecule has 1 aromatic rings. The third kappa shape index (κ3) is 0.969. The maximum Gasteiger partial charge on any atom is 0.0524 e. The Morgan fingerprint density at radius 2 is 2.44 bits per heavy atom. The SMILES string of the molecule is [CH2]Cc1cnn(C)c1C. The third-order valence-electron chi connectivity index (χ3n) is 1.61. The van der Waals surface area contributed by atoms with Crippen molar-refractivity contribution in [3.8, 4) is 0 Å². The van der Waals surface area contributed by atoms with Gasteiger partial charge >= 0.3 is 0 Å². The molecule has 0 spiro atoms. The molecule has 9 heavy (non-hydrogen) atoms. The molecule has 0 bridgehead atoms. The van der Waals surface area contributed by atoms with Gasteiger partial charge in [0.15, 0.2) is 0 Å². The van der Waals surface area contributed by atoms with Crippen LogP contribution in [0.15, 0.2) is 6.20 Å². The fraction of sp³-hybridized carbons (Fsp3) is 0.429. The zero-order chi connectivity index (χ0) is 6.85. The highest BCUT2D eigenvalue weighted by atomic mass is 15.3. The van der Waals surface area contributed by atoms with E-state index in [1.165, 1.54) is 11.3 Å². The van der Waals surface area contributed by atoms with Gasteiger partial charge in [-0.3, -0.25) is 4.68 Å². The highest BCUT2D eigenvalue weighted by molar-refractivity contribution is 5.16. The molecule has 0 saturated heterocycles. The van der Waals surface area contributed by atoms with Crippen LogP contribution in [0.3, 0.4) is 0 Å². The van der Waals surface area contributed by atoms with Crippen molar-refractivity contribution in [1.82, 2.24) is 9.78 Å². The molecule has 0 atom stereocenters. The summed E-state index contributed by atoms with van der Waals surface area (Å²) in [4.78, 5) is 0. The molecule has 0 fully saturated rings. The molecule has 0 amide bonds. The Morgan fingerprint density at radius 3 is 2.67 bits per heavy atom. The minimum Gasteiger partial charge on any atom is -0.273 e. The van der Waals surface area contributed by atoms with E-state index in [-0.39, 0.29) is 0 Å². The Morgan fingerprint density at radius 1 is 1.78 bits per heavy atom. The highest BCUT2D eigenvalue weighted by Crippen LogP contribution is 2.04. The Bertz CT molecular complexity index is 201. The van der Waals surface area contributed by atoms with Gasteiger partial charge in [-0.15, -0.1) is 0 Å².